The van der Waals surface area contributed by atoms with Gasteiger partial charge in [-0.25, -0.2) is 19.3 Å². The second-order valence-corrected chi connectivity index (χ2v) is 8.59. The van der Waals surface area contributed by atoms with Gasteiger partial charge in [0.1, 0.15) is 23.1 Å². The normalized spacial score (nSPS) is 11.4. The van der Waals surface area contributed by atoms with E-state index in [2.05, 4.69) is 25.6 Å². The molecule has 4 aromatic rings. The molecule has 0 fully saturated rings. The average Bonchev–Trinajstić information content (AvgIpc) is 3.13. The van der Waals surface area contributed by atoms with Crippen molar-refractivity contribution in [3.05, 3.63) is 81.8 Å². The summed E-state index contributed by atoms with van der Waals surface area (Å²) >= 11 is 6.92. The van der Waals surface area contributed by atoms with Crippen molar-refractivity contribution in [3.63, 3.8) is 0 Å². The summed E-state index contributed by atoms with van der Waals surface area (Å²) in [4.78, 5) is 25.2. The second-order valence-electron chi connectivity index (χ2n) is 7.00. The van der Waals surface area contributed by atoms with Crippen LogP contribution in [0.25, 0.3) is 11.3 Å². The van der Waals surface area contributed by atoms with E-state index in [1.165, 1.54) is 12.4 Å². The van der Waals surface area contributed by atoms with Crippen molar-refractivity contribution in [2.45, 2.75) is 13.1 Å². The molecule has 12 heteroatoms. The predicted molar refractivity (Wildman–Crippen MR) is 122 cm³/mol. The zero-order valence-corrected chi connectivity index (χ0v) is 18.8. The quantitative estimate of drug-likeness (QED) is 0.232. The number of amides is 1. The molecular weight excluding hydrogens is 494 g/mol. The smallest absolute Gasteiger partial charge is 0.340 e. The molecular formula is C22H14ClF4N5OS. The molecule has 2 aromatic heterocycles. The fourth-order valence-corrected chi connectivity index (χ4v) is 4.01. The molecule has 0 aliphatic rings. The van der Waals surface area contributed by atoms with Gasteiger partial charge in [0.2, 0.25) is 0 Å². The van der Waals surface area contributed by atoms with E-state index in [1.807, 2.05) is 0 Å². The second kappa shape index (κ2) is 9.35. The summed E-state index contributed by atoms with van der Waals surface area (Å²) in [6.07, 6.45) is -3.52. The number of carbonyl (C=O) groups excluding carboxylic acids is 1. The number of alkyl halides is 3. The van der Waals surface area contributed by atoms with Gasteiger partial charge in [-0.1, -0.05) is 11.6 Å². The van der Waals surface area contributed by atoms with E-state index in [9.17, 15) is 22.4 Å². The topological polar surface area (TPSA) is 79.8 Å². The zero-order valence-electron chi connectivity index (χ0n) is 17.2. The van der Waals surface area contributed by atoms with Crippen LogP contribution < -0.4 is 10.6 Å². The molecule has 1 amide bonds. The van der Waals surface area contributed by atoms with Gasteiger partial charge in [0.05, 0.1) is 11.3 Å². The highest BCUT2D eigenvalue weighted by molar-refractivity contribution is 7.16. The van der Waals surface area contributed by atoms with E-state index >= 15 is 0 Å². The Kier molecular flexibility index (Phi) is 6.49. The molecule has 0 saturated heterocycles. The Morgan fingerprint density at radius 1 is 1.06 bits per heavy atom. The Bertz CT molecular complexity index is 1360. The monoisotopic (exact) mass is 507 g/mol. The lowest BCUT2D eigenvalue weighted by Crippen LogP contribution is -2.11. The highest BCUT2D eigenvalue weighted by Crippen LogP contribution is 2.36. The van der Waals surface area contributed by atoms with Crippen molar-refractivity contribution in [2.24, 2.45) is 0 Å². The minimum absolute atomic E-state index is 0.100. The largest absolute Gasteiger partial charge is 0.419 e. The van der Waals surface area contributed by atoms with E-state index in [-0.39, 0.29) is 21.5 Å². The number of hydrogen-bond donors (Lipinski definition) is 2. The number of benzene rings is 2. The van der Waals surface area contributed by atoms with Crippen LogP contribution >= 0.6 is 22.9 Å². The molecule has 0 atom stereocenters. The fraction of sp³-hybridized carbons (Fsp3) is 0.0909. The van der Waals surface area contributed by atoms with E-state index in [4.69, 9.17) is 11.6 Å². The maximum atomic E-state index is 13.6. The van der Waals surface area contributed by atoms with Gasteiger partial charge in [-0.15, -0.1) is 11.3 Å². The first-order valence-corrected chi connectivity index (χ1v) is 10.8. The number of aryl methyl sites for hydroxylation is 1. The summed E-state index contributed by atoms with van der Waals surface area (Å²) in [7, 11) is 0. The van der Waals surface area contributed by atoms with Crippen molar-refractivity contribution < 1.29 is 22.4 Å². The molecule has 34 heavy (non-hydrogen) atoms. The molecule has 0 radical (unpaired) electrons. The number of carbonyl (C=O) groups is 1. The SMILES string of the molecule is Cc1sc(NC(=O)c2ccc(Nc3cc(Cl)ncn3)cc2)nc1-c1ccc(F)c(C(F)(F)F)c1. The third-order valence-corrected chi connectivity index (χ3v) is 5.71. The Morgan fingerprint density at radius 3 is 2.47 bits per heavy atom. The number of hydrogen-bond acceptors (Lipinski definition) is 6. The first-order valence-electron chi connectivity index (χ1n) is 9.60. The van der Waals surface area contributed by atoms with Gasteiger partial charge in [-0.2, -0.15) is 13.2 Å². The molecule has 6 nitrogen and oxygen atoms in total. The molecule has 0 spiro atoms. The Balaban J connectivity index is 1.49. The summed E-state index contributed by atoms with van der Waals surface area (Å²) in [6.45, 7) is 1.65. The first-order chi connectivity index (χ1) is 16.1. The molecule has 0 aliphatic heterocycles. The zero-order chi connectivity index (χ0) is 24.5. The maximum absolute atomic E-state index is 13.6. The molecule has 0 saturated carbocycles. The Hall–Kier alpha value is -3.57. The number of nitrogens with one attached hydrogen (secondary N) is 2. The lowest BCUT2D eigenvalue weighted by Gasteiger charge is -2.09. The maximum Gasteiger partial charge on any atom is 0.419 e. The first kappa shape index (κ1) is 23.6. The Morgan fingerprint density at radius 2 is 1.79 bits per heavy atom. The number of thiazole rings is 1. The van der Waals surface area contributed by atoms with Crippen LogP contribution in [0.5, 0.6) is 0 Å². The van der Waals surface area contributed by atoms with E-state index < -0.39 is 23.5 Å². The minimum Gasteiger partial charge on any atom is -0.340 e. The number of rotatable bonds is 5. The van der Waals surface area contributed by atoms with Gasteiger partial charge < -0.3 is 5.32 Å². The van der Waals surface area contributed by atoms with Crippen molar-refractivity contribution in [1.29, 1.82) is 0 Å². The predicted octanol–water partition coefficient (Wildman–Crippen LogP) is 6.72. The van der Waals surface area contributed by atoms with Gasteiger partial charge in [-0.3, -0.25) is 10.1 Å². The number of anilines is 3. The summed E-state index contributed by atoms with van der Waals surface area (Å²) in [5.41, 5.74) is -0.0460. The minimum atomic E-state index is -4.83. The van der Waals surface area contributed by atoms with Crippen LogP contribution in [0.4, 0.5) is 34.2 Å². The van der Waals surface area contributed by atoms with Crippen molar-refractivity contribution in [2.75, 3.05) is 10.6 Å². The van der Waals surface area contributed by atoms with Gasteiger partial charge in [0, 0.05) is 27.8 Å². The number of halogens is 5. The summed E-state index contributed by atoms with van der Waals surface area (Å²) in [6, 6.07) is 10.7. The van der Waals surface area contributed by atoms with Gasteiger partial charge >= 0.3 is 6.18 Å². The average molecular weight is 508 g/mol. The summed E-state index contributed by atoms with van der Waals surface area (Å²) in [5, 5.41) is 6.14. The van der Waals surface area contributed by atoms with Crippen LogP contribution in [-0.2, 0) is 6.18 Å². The number of nitrogens with zero attached hydrogens (tertiary/aromatic N) is 3. The standard InChI is InChI=1S/C22H14ClF4N5OS/c1-11-19(13-4-7-16(24)15(8-13)22(25,26)27)31-21(34-11)32-20(33)12-2-5-14(6-3-12)30-18-9-17(23)28-10-29-18/h2-10H,1H3,(H,28,29,30)(H,31,32,33). The molecule has 2 heterocycles. The van der Waals surface area contributed by atoms with Crippen LogP contribution in [0.15, 0.2) is 54.9 Å². The summed E-state index contributed by atoms with van der Waals surface area (Å²) in [5.74, 6) is -1.33. The lowest BCUT2D eigenvalue weighted by molar-refractivity contribution is -0.139. The van der Waals surface area contributed by atoms with E-state index in [1.54, 1.807) is 37.3 Å². The van der Waals surface area contributed by atoms with Crippen LogP contribution in [0.3, 0.4) is 0 Å². The van der Waals surface area contributed by atoms with E-state index in [0.717, 1.165) is 17.4 Å². The highest BCUT2D eigenvalue weighted by Gasteiger charge is 2.34. The molecule has 2 aromatic carbocycles. The van der Waals surface area contributed by atoms with E-state index in [0.29, 0.717) is 28.0 Å². The van der Waals surface area contributed by atoms with Crippen LogP contribution in [0, 0.1) is 12.7 Å². The van der Waals surface area contributed by atoms with Crippen LogP contribution in [0.2, 0.25) is 5.15 Å². The van der Waals surface area contributed by atoms with Gasteiger partial charge in [-0.05, 0) is 49.4 Å². The Labute approximate surface area is 199 Å². The van der Waals surface area contributed by atoms with Crippen molar-refractivity contribution in [3.8, 4) is 11.3 Å². The van der Waals surface area contributed by atoms with Crippen LogP contribution in [-0.4, -0.2) is 20.9 Å². The molecule has 2 N–H and O–H groups in total. The fourth-order valence-electron chi connectivity index (χ4n) is 3.03. The molecule has 4 rings (SSSR count). The third-order valence-electron chi connectivity index (χ3n) is 4.62. The molecule has 174 valence electrons. The van der Waals surface area contributed by atoms with Crippen LogP contribution in [0.1, 0.15) is 20.8 Å². The highest BCUT2D eigenvalue weighted by atomic mass is 35.5. The summed E-state index contributed by atoms with van der Waals surface area (Å²) < 4.78 is 52.7. The number of aromatic nitrogens is 3. The van der Waals surface area contributed by atoms with Gasteiger partial charge in [0.25, 0.3) is 5.91 Å². The molecule has 0 unspecified atom stereocenters. The lowest BCUT2D eigenvalue weighted by atomic mass is 10.1. The molecule has 0 bridgehead atoms. The van der Waals surface area contributed by atoms with Crippen molar-refractivity contribution >= 4 is 45.5 Å². The third kappa shape index (κ3) is 5.32. The molecule has 0 aliphatic carbocycles. The van der Waals surface area contributed by atoms with Gasteiger partial charge in [0.15, 0.2) is 5.13 Å². The van der Waals surface area contributed by atoms with Crippen molar-refractivity contribution in [1.82, 2.24) is 15.0 Å².